The predicted molar refractivity (Wildman–Crippen MR) is 167 cm³/mol. The van der Waals surface area contributed by atoms with E-state index in [2.05, 4.69) is 36.7 Å². The molecule has 0 saturated heterocycles. The fourth-order valence-electron chi connectivity index (χ4n) is 5.18. The minimum atomic E-state index is -0.0805. The first kappa shape index (κ1) is 28.9. The Kier molecular flexibility index (Phi) is 8.45. The van der Waals surface area contributed by atoms with Crippen LogP contribution < -0.4 is 15.0 Å². The third kappa shape index (κ3) is 5.74. The Bertz CT molecular complexity index is 1620. The molecule has 0 spiro atoms. The molecular weight excluding hydrogens is 608 g/mol. The van der Waals surface area contributed by atoms with Crippen LogP contribution in [0.3, 0.4) is 0 Å². The average Bonchev–Trinajstić information content (AvgIpc) is 3.30. The van der Waals surface area contributed by atoms with Crippen LogP contribution in [0.4, 0.5) is 0 Å². The third-order valence-electron chi connectivity index (χ3n) is 7.49. The lowest BCUT2D eigenvalue weighted by atomic mass is 9.72. The Morgan fingerprint density at radius 3 is 2.60 bits per heavy atom. The number of hydrogen-bond donors (Lipinski definition) is 0. The van der Waals surface area contributed by atoms with Crippen LogP contribution in [0.15, 0.2) is 56.9 Å². The molecule has 0 fully saturated rings. The van der Waals surface area contributed by atoms with Crippen molar-refractivity contribution in [2.75, 3.05) is 19.5 Å². The second-order valence-electron chi connectivity index (χ2n) is 11.0. The Morgan fingerprint density at radius 1 is 1.20 bits per heavy atom. The van der Waals surface area contributed by atoms with E-state index in [1.54, 1.807) is 41.2 Å². The van der Waals surface area contributed by atoms with Gasteiger partial charge in [-0.3, -0.25) is 14.2 Å². The van der Waals surface area contributed by atoms with Crippen LogP contribution in [0.2, 0.25) is 0 Å². The van der Waals surface area contributed by atoms with Crippen molar-refractivity contribution in [2.45, 2.75) is 52.1 Å². The van der Waals surface area contributed by atoms with Crippen molar-refractivity contribution in [3.05, 3.63) is 73.3 Å². The molecule has 0 amide bonds. The molecule has 0 N–H and O–H groups in total. The molecule has 2 heterocycles. The molecule has 40 heavy (non-hydrogen) atoms. The molecule has 0 bridgehead atoms. The lowest BCUT2D eigenvalue weighted by Gasteiger charge is -2.33. The van der Waals surface area contributed by atoms with Gasteiger partial charge in [-0.25, -0.2) is 4.98 Å². The Hall–Kier alpha value is -2.62. The quantitative estimate of drug-likeness (QED) is 0.111. The van der Waals surface area contributed by atoms with Gasteiger partial charge in [0.05, 0.1) is 35.0 Å². The highest BCUT2D eigenvalue weighted by Crippen LogP contribution is 2.42. The minimum Gasteiger partial charge on any atom is -0.496 e. The molecule has 0 saturated carbocycles. The summed E-state index contributed by atoms with van der Waals surface area (Å²) in [5.74, 6) is 2.06. The number of carbonyl (C=O) groups is 1. The van der Waals surface area contributed by atoms with E-state index in [0.29, 0.717) is 34.7 Å². The number of hydrogen-bond acceptors (Lipinski definition) is 7. The Balaban J connectivity index is 1.55. The van der Waals surface area contributed by atoms with Gasteiger partial charge in [0.15, 0.2) is 10.9 Å². The van der Waals surface area contributed by atoms with Gasteiger partial charge in [0, 0.05) is 10.4 Å². The van der Waals surface area contributed by atoms with E-state index in [0.717, 1.165) is 45.3 Å². The number of halogens is 1. The summed E-state index contributed by atoms with van der Waals surface area (Å²) < 4.78 is 13.3. The molecule has 2 aromatic carbocycles. The van der Waals surface area contributed by atoms with Gasteiger partial charge in [-0.05, 0) is 101 Å². The van der Waals surface area contributed by atoms with E-state index < -0.39 is 0 Å². The Labute approximate surface area is 251 Å². The van der Waals surface area contributed by atoms with Gasteiger partial charge in [-0.15, -0.1) is 11.3 Å². The highest BCUT2D eigenvalue weighted by Gasteiger charge is 2.32. The molecule has 5 rings (SSSR count). The highest BCUT2D eigenvalue weighted by atomic mass is 79.9. The summed E-state index contributed by atoms with van der Waals surface area (Å²) in [4.78, 5) is 34.4. The zero-order valence-electron chi connectivity index (χ0n) is 23.4. The number of aryl methyl sites for hydroxylation is 1. The molecule has 4 aromatic rings. The fraction of sp³-hybridized carbons (Fsp3) is 0.387. The van der Waals surface area contributed by atoms with Crippen LogP contribution in [0, 0.1) is 11.3 Å². The van der Waals surface area contributed by atoms with Crippen molar-refractivity contribution < 1.29 is 14.3 Å². The molecule has 6 nitrogen and oxygen atoms in total. The molecule has 1 unspecified atom stereocenters. The van der Waals surface area contributed by atoms with E-state index in [1.807, 2.05) is 31.2 Å². The van der Waals surface area contributed by atoms with Crippen LogP contribution in [-0.2, 0) is 12.8 Å². The molecular formula is C31H33BrN2O4S2. The molecule has 0 radical (unpaired) electrons. The monoisotopic (exact) mass is 640 g/mol. The first-order valence-electron chi connectivity index (χ1n) is 13.4. The number of fused-ring (bicyclic) bond motifs is 3. The average molecular weight is 642 g/mol. The van der Waals surface area contributed by atoms with Crippen molar-refractivity contribution in [2.24, 2.45) is 11.3 Å². The van der Waals surface area contributed by atoms with Gasteiger partial charge < -0.3 is 9.47 Å². The molecule has 9 heteroatoms. The maximum absolute atomic E-state index is 14.2. The number of rotatable bonds is 8. The SMILES string of the molecule is CCOc1ccc(-n2c(SCC(=O)c3ccc(OC)c(Br)c3)nc3sc4c(c3c2=O)CCC(C(C)(C)C)C4)cc1. The summed E-state index contributed by atoms with van der Waals surface area (Å²) in [6.07, 6.45) is 2.91. The van der Waals surface area contributed by atoms with Crippen molar-refractivity contribution >= 4 is 55.0 Å². The first-order chi connectivity index (χ1) is 19.1. The number of Topliss-reactive ketones (excluding diaryl/α,β-unsaturated/α-hetero) is 1. The molecule has 1 aliphatic rings. The van der Waals surface area contributed by atoms with Gasteiger partial charge in [0.25, 0.3) is 5.56 Å². The molecule has 1 aliphatic carbocycles. The lowest BCUT2D eigenvalue weighted by Crippen LogP contribution is -2.27. The van der Waals surface area contributed by atoms with Crippen LogP contribution in [0.25, 0.3) is 15.9 Å². The summed E-state index contributed by atoms with van der Waals surface area (Å²) in [6.45, 7) is 9.38. The van der Waals surface area contributed by atoms with Gasteiger partial charge in [0.1, 0.15) is 16.3 Å². The van der Waals surface area contributed by atoms with Crippen molar-refractivity contribution in [3.63, 3.8) is 0 Å². The lowest BCUT2D eigenvalue weighted by molar-refractivity contribution is 0.102. The molecule has 0 aliphatic heterocycles. The number of carbonyl (C=O) groups excluding carboxylic acids is 1. The normalized spacial score (nSPS) is 15.2. The van der Waals surface area contributed by atoms with E-state index in [4.69, 9.17) is 14.5 Å². The van der Waals surface area contributed by atoms with E-state index in [9.17, 15) is 9.59 Å². The summed E-state index contributed by atoms with van der Waals surface area (Å²) in [6, 6.07) is 12.8. The predicted octanol–water partition coefficient (Wildman–Crippen LogP) is 7.74. The van der Waals surface area contributed by atoms with Crippen LogP contribution >= 0.6 is 39.0 Å². The van der Waals surface area contributed by atoms with E-state index in [-0.39, 0.29) is 22.5 Å². The van der Waals surface area contributed by atoms with Crippen molar-refractivity contribution in [1.82, 2.24) is 9.55 Å². The number of benzene rings is 2. The summed E-state index contributed by atoms with van der Waals surface area (Å²) in [7, 11) is 1.59. The fourth-order valence-corrected chi connectivity index (χ4v) is 7.97. The van der Waals surface area contributed by atoms with Gasteiger partial charge in [-0.2, -0.15) is 0 Å². The zero-order chi connectivity index (χ0) is 28.6. The van der Waals surface area contributed by atoms with Gasteiger partial charge >= 0.3 is 0 Å². The number of ketones is 1. The van der Waals surface area contributed by atoms with Crippen LogP contribution in [0.5, 0.6) is 11.5 Å². The van der Waals surface area contributed by atoms with Crippen LogP contribution in [0.1, 0.15) is 54.9 Å². The van der Waals surface area contributed by atoms with Crippen molar-refractivity contribution in [3.8, 4) is 17.2 Å². The molecule has 1 atom stereocenters. The third-order valence-corrected chi connectivity index (χ3v) is 10.2. The summed E-state index contributed by atoms with van der Waals surface area (Å²) >= 11 is 6.38. The van der Waals surface area contributed by atoms with E-state index >= 15 is 0 Å². The standard InChI is InChI=1S/C31H33BrN2O4S2/c1-6-38-21-11-9-20(10-12-21)34-29(36)27-22-13-8-19(31(2,3)4)16-26(22)40-28(27)33-30(34)39-17-24(35)18-7-14-25(37-5)23(32)15-18/h7,9-12,14-15,19H,6,8,13,16-17H2,1-5H3. The van der Waals surface area contributed by atoms with Gasteiger partial charge in [0.2, 0.25) is 0 Å². The topological polar surface area (TPSA) is 70.4 Å². The Morgan fingerprint density at radius 2 is 1.95 bits per heavy atom. The van der Waals surface area contributed by atoms with Crippen molar-refractivity contribution in [1.29, 1.82) is 0 Å². The number of thioether (sulfide) groups is 1. The van der Waals surface area contributed by atoms with E-state index in [1.165, 1.54) is 16.6 Å². The largest absolute Gasteiger partial charge is 0.496 e. The first-order valence-corrected chi connectivity index (χ1v) is 16.0. The summed E-state index contributed by atoms with van der Waals surface area (Å²) in [5, 5.41) is 1.23. The zero-order valence-corrected chi connectivity index (χ0v) is 26.6. The highest BCUT2D eigenvalue weighted by molar-refractivity contribution is 9.10. The molecule has 210 valence electrons. The number of aromatic nitrogens is 2. The number of thiophene rings is 1. The smallest absolute Gasteiger partial charge is 0.267 e. The second kappa shape index (κ2) is 11.7. The van der Waals surface area contributed by atoms with Gasteiger partial charge in [-0.1, -0.05) is 32.5 Å². The minimum absolute atomic E-state index is 0.0561. The number of nitrogens with zero attached hydrogens (tertiary/aromatic N) is 2. The summed E-state index contributed by atoms with van der Waals surface area (Å²) in [5.41, 5.74) is 2.54. The van der Waals surface area contributed by atoms with Crippen LogP contribution in [-0.4, -0.2) is 34.8 Å². The number of ether oxygens (including phenoxy) is 2. The second-order valence-corrected chi connectivity index (χ2v) is 13.9. The molecule has 2 aromatic heterocycles. The number of methoxy groups -OCH3 is 1. The maximum atomic E-state index is 14.2. The maximum Gasteiger partial charge on any atom is 0.267 e.